The average molecular weight is 309 g/mol. The van der Waals surface area contributed by atoms with Crippen LogP contribution in [0.25, 0.3) is 0 Å². The largest absolute Gasteiger partial charge is 0.466 e. The number of ether oxygens (including phenoxy) is 1. The first-order valence-electron chi connectivity index (χ1n) is 8.26. The summed E-state index contributed by atoms with van der Waals surface area (Å²) < 4.78 is 5.17. The Balaban J connectivity index is 1.67. The van der Waals surface area contributed by atoms with Gasteiger partial charge in [0.05, 0.1) is 12.5 Å². The molecule has 2 aromatic rings. The molecule has 0 saturated heterocycles. The topological polar surface area (TPSA) is 38.3 Å². The van der Waals surface area contributed by atoms with Crippen molar-refractivity contribution in [1.29, 1.82) is 0 Å². The van der Waals surface area contributed by atoms with Crippen LogP contribution in [0.3, 0.4) is 0 Å². The number of nitrogens with one attached hydrogen (secondary N) is 1. The minimum absolute atomic E-state index is 0.0869. The van der Waals surface area contributed by atoms with Crippen LogP contribution in [0.15, 0.2) is 42.5 Å². The van der Waals surface area contributed by atoms with Gasteiger partial charge >= 0.3 is 5.97 Å². The zero-order valence-corrected chi connectivity index (χ0v) is 13.8. The van der Waals surface area contributed by atoms with Crippen molar-refractivity contribution in [2.45, 2.75) is 39.2 Å². The fourth-order valence-corrected chi connectivity index (χ4v) is 3.13. The number of aryl methyl sites for hydroxylation is 2. The Labute approximate surface area is 137 Å². The monoisotopic (exact) mass is 309 g/mol. The Bertz CT molecular complexity index is 691. The summed E-state index contributed by atoms with van der Waals surface area (Å²) in [6, 6.07) is 14.8. The molecule has 3 rings (SSSR count). The molecule has 2 aromatic carbocycles. The SMILES string of the molecule is CCOC(=O)C1CCc2cc(NCc3ccc(C)cc3)ccc21. The predicted molar refractivity (Wildman–Crippen MR) is 92.6 cm³/mol. The quantitative estimate of drug-likeness (QED) is 0.841. The summed E-state index contributed by atoms with van der Waals surface area (Å²) in [4.78, 5) is 12.0. The van der Waals surface area contributed by atoms with Crippen molar-refractivity contribution in [1.82, 2.24) is 0 Å². The van der Waals surface area contributed by atoms with E-state index in [1.807, 2.05) is 6.92 Å². The van der Waals surface area contributed by atoms with Crippen LogP contribution in [0.1, 0.15) is 41.5 Å². The summed E-state index contributed by atoms with van der Waals surface area (Å²) in [5.41, 5.74) is 6.03. The molecule has 0 heterocycles. The van der Waals surface area contributed by atoms with Gasteiger partial charge in [0.25, 0.3) is 0 Å². The Morgan fingerprint density at radius 1 is 1.22 bits per heavy atom. The minimum Gasteiger partial charge on any atom is -0.466 e. The maximum atomic E-state index is 12.0. The third-order valence-electron chi connectivity index (χ3n) is 4.41. The molecular formula is C20H23NO2. The van der Waals surface area contributed by atoms with Crippen LogP contribution < -0.4 is 5.32 Å². The Hall–Kier alpha value is -2.29. The molecule has 120 valence electrons. The highest BCUT2D eigenvalue weighted by molar-refractivity contribution is 5.80. The van der Waals surface area contributed by atoms with Crippen molar-refractivity contribution in [2.24, 2.45) is 0 Å². The molecule has 1 N–H and O–H groups in total. The Morgan fingerprint density at radius 3 is 2.74 bits per heavy atom. The first-order valence-corrected chi connectivity index (χ1v) is 8.26. The van der Waals surface area contributed by atoms with Gasteiger partial charge in [-0.2, -0.15) is 0 Å². The fraction of sp³-hybridized carbons (Fsp3) is 0.350. The van der Waals surface area contributed by atoms with E-state index >= 15 is 0 Å². The lowest BCUT2D eigenvalue weighted by Gasteiger charge is -2.12. The number of rotatable bonds is 5. The van der Waals surface area contributed by atoms with Crippen LogP contribution in [0, 0.1) is 6.92 Å². The molecule has 1 aliphatic carbocycles. The lowest BCUT2D eigenvalue weighted by molar-refractivity contribution is -0.144. The number of carbonyl (C=O) groups excluding carboxylic acids is 1. The van der Waals surface area contributed by atoms with E-state index < -0.39 is 0 Å². The van der Waals surface area contributed by atoms with Crippen LogP contribution in [0.2, 0.25) is 0 Å². The third kappa shape index (κ3) is 3.55. The first-order chi connectivity index (χ1) is 11.2. The van der Waals surface area contributed by atoms with Gasteiger partial charge in [-0.25, -0.2) is 0 Å². The lowest BCUT2D eigenvalue weighted by atomic mass is 10.0. The van der Waals surface area contributed by atoms with E-state index in [0.29, 0.717) is 6.61 Å². The zero-order chi connectivity index (χ0) is 16.2. The summed E-state index contributed by atoms with van der Waals surface area (Å²) in [6.45, 7) is 5.20. The predicted octanol–water partition coefficient (Wildman–Crippen LogP) is 4.20. The molecule has 0 spiro atoms. The number of carbonyl (C=O) groups is 1. The van der Waals surface area contributed by atoms with Crippen molar-refractivity contribution >= 4 is 11.7 Å². The molecule has 0 fully saturated rings. The number of esters is 1. The van der Waals surface area contributed by atoms with E-state index in [9.17, 15) is 4.79 Å². The van der Waals surface area contributed by atoms with Gasteiger partial charge in [-0.05, 0) is 55.5 Å². The average Bonchev–Trinajstić information content (AvgIpc) is 2.98. The van der Waals surface area contributed by atoms with E-state index in [1.54, 1.807) is 0 Å². The van der Waals surface area contributed by atoms with Crippen LogP contribution in [-0.4, -0.2) is 12.6 Å². The van der Waals surface area contributed by atoms with Gasteiger partial charge in [0.15, 0.2) is 0 Å². The smallest absolute Gasteiger partial charge is 0.313 e. The summed E-state index contributed by atoms with van der Waals surface area (Å²) in [7, 11) is 0. The molecule has 1 unspecified atom stereocenters. The Kier molecular flexibility index (Phi) is 4.65. The van der Waals surface area contributed by atoms with E-state index in [-0.39, 0.29) is 11.9 Å². The molecule has 0 bridgehead atoms. The second-order valence-electron chi connectivity index (χ2n) is 6.10. The third-order valence-corrected chi connectivity index (χ3v) is 4.41. The van der Waals surface area contributed by atoms with Gasteiger partial charge < -0.3 is 10.1 Å². The van der Waals surface area contributed by atoms with Crippen LogP contribution in [-0.2, 0) is 22.5 Å². The highest BCUT2D eigenvalue weighted by Gasteiger charge is 2.29. The number of hydrogen-bond acceptors (Lipinski definition) is 3. The molecule has 0 amide bonds. The molecule has 0 aliphatic heterocycles. The first kappa shape index (κ1) is 15.6. The van der Waals surface area contributed by atoms with Crippen molar-refractivity contribution in [3.8, 4) is 0 Å². The lowest BCUT2D eigenvalue weighted by Crippen LogP contribution is -2.13. The molecule has 1 atom stereocenters. The molecule has 0 aromatic heterocycles. The number of hydrogen-bond donors (Lipinski definition) is 1. The molecule has 0 saturated carbocycles. The van der Waals surface area contributed by atoms with Crippen LogP contribution in [0.4, 0.5) is 5.69 Å². The highest BCUT2D eigenvalue weighted by Crippen LogP contribution is 2.35. The van der Waals surface area contributed by atoms with E-state index in [1.165, 1.54) is 16.7 Å². The molecular weight excluding hydrogens is 286 g/mol. The second kappa shape index (κ2) is 6.86. The van der Waals surface area contributed by atoms with Crippen molar-refractivity contribution in [3.05, 3.63) is 64.7 Å². The zero-order valence-electron chi connectivity index (χ0n) is 13.8. The van der Waals surface area contributed by atoms with Gasteiger partial charge in [-0.3, -0.25) is 4.79 Å². The minimum atomic E-state index is -0.0911. The molecule has 23 heavy (non-hydrogen) atoms. The standard InChI is InChI=1S/C20H23NO2/c1-3-23-20(22)19-10-8-16-12-17(9-11-18(16)19)21-13-15-6-4-14(2)5-7-15/h4-7,9,11-12,19,21H,3,8,10,13H2,1-2H3. The van der Waals surface area contributed by atoms with Crippen LogP contribution in [0.5, 0.6) is 0 Å². The van der Waals surface area contributed by atoms with Gasteiger partial charge in [0.2, 0.25) is 0 Å². The summed E-state index contributed by atoms with van der Waals surface area (Å²) in [5, 5.41) is 3.46. The van der Waals surface area contributed by atoms with Crippen molar-refractivity contribution in [3.63, 3.8) is 0 Å². The molecule has 3 nitrogen and oxygen atoms in total. The van der Waals surface area contributed by atoms with Gasteiger partial charge in [0, 0.05) is 12.2 Å². The van der Waals surface area contributed by atoms with E-state index in [2.05, 4.69) is 54.7 Å². The summed E-state index contributed by atoms with van der Waals surface area (Å²) >= 11 is 0. The van der Waals surface area contributed by atoms with Gasteiger partial charge in [0.1, 0.15) is 0 Å². The van der Waals surface area contributed by atoms with E-state index in [0.717, 1.165) is 30.6 Å². The second-order valence-corrected chi connectivity index (χ2v) is 6.10. The molecule has 0 radical (unpaired) electrons. The van der Waals surface area contributed by atoms with E-state index in [4.69, 9.17) is 4.74 Å². The fourth-order valence-electron chi connectivity index (χ4n) is 3.13. The maximum Gasteiger partial charge on any atom is 0.313 e. The number of fused-ring (bicyclic) bond motifs is 1. The van der Waals surface area contributed by atoms with Gasteiger partial charge in [-0.1, -0.05) is 35.9 Å². The summed E-state index contributed by atoms with van der Waals surface area (Å²) in [6.07, 6.45) is 1.80. The Morgan fingerprint density at radius 2 is 2.00 bits per heavy atom. The normalized spacial score (nSPS) is 16.0. The number of anilines is 1. The van der Waals surface area contributed by atoms with Gasteiger partial charge in [-0.15, -0.1) is 0 Å². The highest BCUT2D eigenvalue weighted by atomic mass is 16.5. The van der Waals surface area contributed by atoms with Crippen molar-refractivity contribution < 1.29 is 9.53 Å². The molecule has 3 heteroatoms. The summed E-state index contributed by atoms with van der Waals surface area (Å²) in [5.74, 6) is -0.178. The number of benzene rings is 2. The van der Waals surface area contributed by atoms with Crippen molar-refractivity contribution in [2.75, 3.05) is 11.9 Å². The molecule has 1 aliphatic rings. The maximum absolute atomic E-state index is 12.0. The van der Waals surface area contributed by atoms with Crippen LogP contribution >= 0.6 is 0 Å².